The van der Waals surface area contributed by atoms with Gasteiger partial charge in [-0.15, -0.1) is 21.5 Å². The van der Waals surface area contributed by atoms with Crippen molar-refractivity contribution in [2.75, 3.05) is 0 Å². The van der Waals surface area contributed by atoms with Gasteiger partial charge in [-0.25, -0.2) is 4.98 Å². The molecule has 0 amide bonds. The Morgan fingerprint density at radius 1 is 1.18 bits per heavy atom. The molecule has 0 bridgehead atoms. The molecule has 34 heavy (non-hydrogen) atoms. The van der Waals surface area contributed by atoms with Crippen LogP contribution in [0.1, 0.15) is 41.6 Å². The van der Waals surface area contributed by atoms with Gasteiger partial charge in [-0.1, -0.05) is 19.9 Å². The molecule has 0 aromatic carbocycles. The SMILES string of the molecule is CC(C)c1csc(CCc2ccn3c(=O)c(-c4nn[nH]n4)c(OCc4cccnc4)nc3c2)n1. The van der Waals surface area contributed by atoms with Gasteiger partial charge in [0.1, 0.15) is 12.3 Å². The zero-order valence-corrected chi connectivity index (χ0v) is 19.5. The number of nitrogens with zero attached hydrogens (tertiary/aromatic N) is 7. The molecule has 172 valence electrons. The first kappa shape index (κ1) is 21.8. The second kappa shape index (κ2) is 9.48. The van der Waals surface area contributed by atoms with Gasteiger partial charge in [0.15, 0.2) is 5.56 Å². The summed E-state index contributed by atoms with van der Waals surface area (Å²) in [6, 6.07) is 7.52. The number of fused-ring (bicyclic) bond motifs is 1. The van der Waals surface area contributed by atoms with Crippen LogP contribution in [-0.4, -0.2) is 40.0 Å². The molecule has 5 aromatic rings. The summed E-state index contributed by atoms with van der Waals surface area (Å²) in [6.07, 6.45) is 6.71. The Labute approximate surface area is 198 Å². The number of aromatic nitrogens is 8. The summed E-state index contributed by atoms with van der Waals surface area (Å²) in [6.45, 7) is 4.48. The minimum Gasteiger partial charge on any atom is -0.472 e. The largest absolute Gasteiger partial charge is 0.472 e. The predicted octanol–water partition coefficient (Wildman–Crippen LogP) is 3.21. The van der Waals surface area contributed by atoms with E-state index >= 15 is 0 Å². The van der Waals surface area contributed by atoms with Crippen LogP contribution >= 0.6 is 11.3 Å². The molecule has 0 aliphatic rings. The van der Waals surface area contributed by atoms with Crippen molar-refractivity contribution in [1.29, 1.82) is 0 Å². The molecule has 0 saturated carbocycles. The summed E-state index contributed by atoms with van der Waals surface area (Å²) in [5, 5.41) is 17.1. The number of H-pyrrole nitrogens is 1. The average molecular weight is 475 g/mol. The maximum atomic E-state index is 13.3. The molecule has 5 heterocycles. The highest BCUT2D eigenvalue weighted by molar-refractivity contribution is 7.09. The van der Waals surface area contributed by atoms with E-state index < -0.39 is 0 Å². The second-order valence-corrected chi connectivity index (χ2v) is 9.01. The van der Waals surface area contributed by atoms with Gasteiger partial charge in [-0.05, 0) is 41.3 Å². The third kappa shape index (κ3) is 4.55. The number of rotatable bonds is 8. The van der Waals surface area contributed by atoms with E-state index in [1.807, 2.05) is 24.3 Å². The molecule has 1 N–H and O–H groups in total. The molecule has 0 radical (unpaired) electrons. The number of nitrogens with one attached hydrogen (secondary N) is 1. The van der Waals surface area contributed by atoms with E-state index in [0.717, 1.165) is 34.7 Å². The lowest BCUT2D eigenvalue weighted by molar-refractivity contribution is 0.294. The van der Waals surface area contributed by atoms with Gasteiger partial charge in [-0.3, -0.25) is 14.2 Å². The number of aromatic amines is 1. The van der Waals surface area contributed by atoms with E-state index in [1.165, 1.54) is 4.40 Å². The lowest BCUT2D eigenvalue weighted by Gasteiger charge is -2.11. The fraction of sp³-hybridized carbons (Fsp3) is 0.261. The van der Waals surface area contributed by atoms with E-state index in [0.29, 0.717) is 11.6 Å². The van der Waals surface area contributed by atoms with Crippen LogP contribution in [0.2, 0.25) is 0 Å². The third-order valence-corrected chi connectivity index (χ3v) is 6.24. The van der Waals surface area contributed by atoms with Gasteiger partial charge in [0.25, 0.3) is 5.56 Å². The number of aryl methyl sites for hydroxylation is 2. The van der Waals surface area contributed by atoms with Crippen molar-refractivity contribution in [2.45, 2.75) is 39.2 Å². The molecule has 0 atom stereocenters. The summed E-state index contributed by atoms with van der Waals surface area (Å²) < 4.78 is 7.40. The second-order valence-electron chi connectivity index (χ2n) is 8.07. The average Bonchev–Trinajstić information content (AvgIpc) is 3.55. The van der Waals surface area contributed by atoms with Crippen molar-refractivity contribution in [1.82, 2.24) is 40.0 Å². The Morgan fingerprint density at radius 3 is 2.82 bits per heavy atom. The lowest BCUT2D eigenvalue weighted by Crippen LogP contribution is -2.19. The molecule has 5 aromatic heterocycles. The number of thiazole rings is 1. The van der Waals surface area contributed by atoms with Crippen molar-refractivity contribution >= 4 is 17.0 Å². The van der Waals surface area contributed by atoms with Crippen LogP contribution in [-0.2, 0) is 19.4 Å². The highest BCUT2D eigenvalue weighted by atomic mass is 32.1. The fourth-order valence-electron chi connectivity index (χ4n) is 3.47. The Bertz CT molecular complexity index is 1460. The molecule has 0 aliphatic carbocycles. The Balaban J connectivity index is 1.47. The fourth-order valence-corrected chi connectivity index (χ4v) is 4.43. The zero-order valence-electron chi connectivity index (χ0n) is 18.7. The first-order valence-corrected chi connectivity index (χ1v) is 11.7. The molecule has 11 heteroatoms. The monoisotopic (exact) mass is 474 g/mol. The first-order chi connectivity index (χ1) is 16.6. The van der Waals surface area contributed by atoms with Gasteiger partial charge in [0.2, 0.25) is 11.7 Å². The van der Waals surface area contributed by atoms with Gasteiger partial charge in [-0.2, -0.15) is 10.2 Å². The number of hydrogen-bond donors (Lipinski definition) is 1. The first-order valence-electron chi connectivity index (χ1n) is 10.8. The number of pyridine rings is 2. The molecular weight excluding hydrogens is 452 g/mol. The maximum Gasteiger partial charge on any atom is 0.273 e. The maximum absolute atomic E-state index is 13.3. The summed E-state index contributed by atoms with van der Waals surface area (Å²) in [4.78, 5) is 26.8. The van der Waals surface area contributed by atoms with Gasteiger partial charge in [0.05, 0.1) is 10.7 Å². The van der Waals surface area contributed by atoms with Crippen LogP contribution in [0.25, 0.3) is 17.0 Å². The topological polar surface area (TPSA) is 124 Å². The lowest BCUT2D eigenvalue weighted by atomic mass is 10.1. The smallest absolute Gasteiger partial charge is 0.273 e. The molecule has 5 rings (SSSR count). The minimum atomic E-state index is -0.333. The van der Waals surface area contributed by atoms with E-state index in [-0.39, 0.29) is 29.4 Å². The van der Waals surface area contributed by atoms with Crippen LogP contribution in [0, 0.1) is 0 Å². The summed E-state index contributed by atoms with van der Waals surface area (Å²) in [5.41, 5.74) is 3.32. The van der Waals surface area contributed by atoms with Gasteiger partial charge >= 0.3 is 0 Å². The van der Waals surface area contributed by atoms with Crippen LogP contribution in [0.3, 0.4) is 0 Å². The molecule has 0 fully saturated rings. The molecule has 0 spiro atoms. The minimum absolute atomic E-state index is 0.127. The highest BCUT2D eigenvalue weighted by Crippen LogP contribution is 2.24. The predicted molar refractivity (Wildman–Crippen MR) is 127 cm³/mol. The van der Waals surface area contributed by atoms with Crippen molar-refractivity contribution in [3.8, 4) is 17.3 Å². The Morgan fingerprint density at radius 2 is 2.09 bits per heavy atom. The summed E-state index contributed by atoms with van der Waals surface area (Å²) in [7, 11) is 0. The number of ether oxygens (including phenoxy) is 1. The van der Waals surface area contributed by atoms with Crippen LogP contribution in [0.5, 0.6) is 5.88 Å². The third-order valence-electron chi connectivity index (χ3n) is 5.32. The van der Waals surface area contributed by atoms with Crippen LogP contribution < -0.4 is 10.3 Å². The Hall–Kier alpha value is -3.99. The van der Waals surface area contributed by atoms with Crippen molar-refractivity contribution < 1.29 is 4.74 Å². The molecule has 0 aliphatic heterocycles. The molecule has 10 nitrogen and oxygen atoms in total. The number of tetrazole rings is 1. The van der Waals surface area contributed by atoms with Gasteiger partial charge in [0, 0.05) is 36.0 Å². The van der Waals surface area contributed by atoms with Crippen molar-refractivity contribution in [2.24, 2.45) is 0 Å². The van der Waals surface area contributed by atoms with E-state index in [4.69, 9.17) is 9.72 Å². The van der Waals surface area contributed by atoms with E-state index in [9.17, 15) is 4.79 Å². The molecular formula is C23H22N8O2S. The number of hydrogen-bond acceptors (Lipinski definition) is 9. The van der Waals surface area contributed by atoms with E-state index in [2.05, 4.69) is 49.8 Å². The quantitative estimate of drug-likeness (QED) is 0.364. The Kier molecular flexibility index (Phi) is 6.09. The van der Waals surface area contributed by atoms with E-state index in [1.54, 1.807) is 29.9 Å². The molecule has 0 unspecified atom stereocenters. The zero-order chi connectivity index (χ0) is 23.5. The summed E-state index contributed by atoms with van der Waals surface area (Å²) in [5.74, 6) is 0.691. The molecule has 0 saturated heterocycles. The van der Waals surface area contributed by atoms with Crippen molar-refractivity contribution in [3.05, 3.63) is 80.4 Å². The standard InChI is InChI=1S/C23H22N8O2S/c1-14(2)17-13-34-19(25-17)6-5-15-7-9-31-18(10-15)26-22(33-12-16-4-3-8-24-11-16)20(23(31)32)21-27-29-30-28-21/h3-4,7-11,13-14H,5-6,12H2,1-2H3,(H,27,28,29,30). The highest BCUT2D eigenvalue weighted by Gasteiger charge is 2.20. The van der Waals surface area contributed by atoms with Crippen LogP contribution in [0.15, 0.2) is 53.0 Å². The van der Waals surface area contributed by atoms with Crippen molar-refractivity contribution in [3.63, 3.8) is 0 Å². The van der Waals surface area contributed by atoms with Crippen LogP contribution in [0.4, 0.5) is 0 Å². The summed E-state index contributed by atoms with van der Waals surface area (Å²) >= 11 is 1.68. The van der Waals surface area contributed by atoms with Gasteiger partial charge < -0.3 is 4.74 Å². The normalized spacial score (nSPS) is 11.4.